The number of hydrogen-bond acceptors (Lipinski definition) is 2. The molecular weight excluding hydrogens is 492 g/mol. The molecule has 1 aromatic heterocycles. The number of anilines is 1. The lowest BCUT2D eigenvalue weighted by molar-refractivity contribution is 0.609. The minimum absolute atomic E-state index is 0.327. The summed E-state index contributed by atoms with van der Waals surface area (Å²) in [7, 11) is 0. The van der Waals surface area contributed by atoms with Crippen molar-refractivity contribution in [3.05, 3.63) is 46.0 Å². The van der Waals surface area contributed by atoms with Gasteiger partial charge in [-0.25, -0.2) is 0 Å². The molecule has 0 saturated heterocycles. The van der Waals surface area contributed by atoms with Crippen LogP contribution in [0.2, 0.25) is 10.0 Å². The molecule has 20 heavy (non-hydrogen) atoms. The minimum Gasteiger partial charge on any atom is -0.377 e. The Balaban J connectivity index is 1.91. The van der Waals surface area contributed by atoms with E-state index in [1.54, 1.807) is 0 Å². The van der Waals surface area contributed by atoms with Gasteiger partial charge in [0.15, 0.2) is 0 Å². The molecule has 1 aromatic carbocycles. The molecule has 0 spiro atoms. The zero-order chi connectivity index (χ0) is 14.3. The molecule has 2 aromatic rings. The molecule has 0 fully saturated rings. The van der Waals surface area contributed by atoms with Crippen molar-refractivity contribution < 1.29 is 0 Å². The number of fused-ring (bicyclic) bond motifs is 1. The van der Waals surface area contributed by atoms with Gasteiger partial charge < -0.3 is 5.32 Å². The highest BCUT2D eigenvalue weighted by Gasteiger charge is 2.23. The molecule has 6 heteroatoms. The Bertz CT molecular complexity index is 659. The van der Waals surface area contributed by atoms with Crippen LogP contribution in [0, 0.1) is 2.88 Å². The molecule has 1 aliphatic rings. The van der Waals surface area contributed by atoms with E-state index in [1.165, 1.54) is 26.2 Å². The lowest BCUT2D eigenvalue weighted by Crippen LogP contribution is -2.15. The SMILES string of the molecule is Clc1c(Br)ccc(NC2CCCc3sc(I)cc32)c1Cl. The van der Waals surface area contributed by atoms with Crippen LogP contribution in [0.1, 0.15) is 29.3 Å². The Labute approximate surface area is 154 Å². The van der Waals surface area contributed by atoms with Crippen LogP contribution in [0.5, 0.6) is 0 Å². The van der Waals surface area contributed by atoms with Gasteiger partial charge in [-0.1, -0.05) is 23.2 Å². The van der Waals surface area contributed by atoms with Crippen molar-refractivity contribution in [1.82, 2.24) is 0 Å². The summed E-state index contributed by atoms with van der Waals surface area (Å²) in [6.07, 6.45) is 3.53. The molecule has 0 bridgehead atoms. The molecule has 1 atom stereocenters. The first-order valence-electron chi connectivity index (χ1n) is 6.24. The average Bonchev–Trinajstić information content (AvgIpc) is 2.81. The van der Waals surface area contributed by atoms with Crippen LogP contribution in [0.15, 0.2) is 22.7 Å². The Morgan fingerprint density at radius 1 is 1.30 bits per heavy atom. The number of thiophene rings is 1. The number of aryl methyl sites for hydroxylation is 1. The van der Waals surface area contributed by atoms with E-state index >= 15 is 0 Å². The number of hydrogen-bond donors (Lipinski definition) is 1. The Morgan fingerprint density at radius 2 is 2.10 bits per heavy atom. The Morgan fingerprint density at radius 3 is 2.90 bits per heavy atom. The third kappa shape index (κ3) is 3.00. The molecule has 1 heterocycles. The van der Waals surface area contributed by atoms with E-state index in [-0.39, 0.29) is 0 Å². The summed E-state index contributed by atoms with van der Waals surface area (Å²) in [4.78, 5) is 1.50. The van der Waals surface area contributed by atoms with Gasteiger partial charge in [0.05, 0.1) is 24.7 Å². The van der Waals surface area contributed by atoms with Gasteiger partial charge in [-0.2, -0.15) is 0 Å². The van der Waals surface area contributed by atoms with Crippen molar-refractivity contribution in [3.63, 3.8) is 0 Å². The lowest BCUT2D eigenvalue weighted by Gasteiger charge is -2.25. The second-order valence-corrected chi connectivity index (χ2v) is 9.38. The van der Waals surface area contributed by atoms with Gasteiger partial charge in [0.25, 0.3) is 0 Å². The molecule has 3 rings (SSSR count). The fourth-order valence-electron chi connectivity index (χ4n) is 2.50. The van der Waals surface area contributed by atoms with Gasteiger partial charge >= 0.3 is 0 Å². The van der Waals surface area contributed by atoms with Gasteiger partial charge in [-0.05, 0) is 81.5 Å². The molecule has 0 saturated carbocycles. The van der Waals surface area contributed by atoms with Gasteiger partial charge in [0.2, 0.25) is 0 Å². The maximum atomic E-state index is 6.33. The standard InChI is InChI=1S/C14H11BrCl2INS/c15-8-4-5-10(14(17)13(8)16)19-9-2-1-3-11-7(9)6-12(18)20-11/h4-6,9,19H,1-3H2. The van der Waals surface area contributed by atoms with Crippen LogP contribution in [-0.2, 0) is 6.42 Å². The summed E-state index contributed by atoms with van der Waals surface area (Å²) in [5, 5.41) is 4.70. The van der Waals surface area contributed by atoms with Crippen LogP contribution in [-0.4, -0.2) is 0 Å². The van der Waals surface area contributed by atoms with E-state index in [1.807, 2.05) is 23.5 Å². The maximum absolute atomic E-state index is 6.33. The number of benzene rings is 1. The molecule has 1 N–H and O–H groups in total. The molecule has 1 aliphatic carbocycles. The first-order valence-corrected chi connectivity index (χ1v) is 9.69. The fraction of sp³-hybridized carbons (Fsp3) is 0.286. The number of halogens is 4. The highest BCUT2D eigenvalue weighted by atomic mass is 127. The highest BCUT2D eigenvalue weighted by molar-refractivity contribution is 14.1. The van der Waals surface area contributed by atoms with Crippen LogP contribution in [0.25, 0.3) is 0 Å². The second-order valence-electron chi connectivity index (χ2n) is 4.74. The van der Waals surface area contributed by atoms with Crippen LogP contribution in [0.3, 0.4) is 0 Å². The summed E-state index contributed by atoms with van der Waals surface area (Å²) >= 11 is 20.2. The molecule has 1 nitrogen and oxygen atoms in total. The predicted molar refractivity (Wildman–Crippen MR) is 100 cm³/mol. The van der Waals surface area contributed by atoms with E-state index in [4.69, 9.17) is 23.2 Å². The van der Waals surface area contributed by atoms with Crippen molar-refractivity contribution >= 4 is 78.7 Å². The molecule has 0 amide bonds. The van der Waals surface area contributed by atoms with Gasteiger partial charge in [-0.3, -0.25) is 0 Å². The quantitative estimate of drug-likeness (QED) is 0.347. The monoisotopic (exact) mass is 501 g/mol. The van der Waals surface area contributed by atoms with Crippen LogP contribution >= 0.6 is 73.1 Å². The van der Waals surface area contributed by atoms with Crippen molar-refractivity contribution in [1.29, 1.82) is 0 Å². The average molecular weight is 503 g/mol. The fourth-order valence-corrected chi connectivity index (χ4v) is 5.44. The minimum atomic E-state index is 0.327. The second kappa shape index (κ2) is 6.32. The zero-order valence-electron chi connectivity index (χ0n) is 10.4. The van der Waals surface area contributed by atoms with Crippen molar-refractivity contribution in [2.24, 2.45) is 0 Å². The maximum Gasteiger partial charge on any atom is 0.0835 e. The highest BCUT2D eigenvalue weighted by Crippen LogP contribution is 2.41. The van der Waals surface area contributed by atoms with Gasteiger partial charge in [-0.15, -0.1) is 11.3 Å². The predicted octanol–water partition coefficient (Wildman–Crippen LogP) is 6.91. The van der Waals surface area contributed by atoms with Gasteiger partial charge in [0, 0.05) is 9.35 Å². The van der Waals surface area contributed by atoms with Gasteiger partial charge in [0.1, 0.15) is 0 Å². The van der Waals surface area contributed by atoms with E-state index in [0.717, 1.165) is 16.6 Å². The zero-order valence-corrected chi connectivity index (χ0v) is 16.4. The summed E-state index contributed by atoms with van der Waals surface area (Å²) in [6.45, 7) is 0. The smallest absolute Gasteiger partial charge is 0.0835 e. The molecule has 0 radical (unpaired) electrons. The van der Waals surface area contributed by atoms with E-state index in [0.29, 0.717) is 16.1 Å². The number of nitrogens with one attached hydrogen (secondary N) is 1. The largest absolute Gasteiger partial charge is 0.377 e. The van der Waals surface area contributed by atoms with Crippen molar-refractivity contribution in [2.75, 3.05) is 5.32 Å². The Hall–Kier alpha value is 0.510. The topological polar surface area (TPSA) is 12.0 Å². The van der Waals surface area contributed by atoms with E-state index in [2.05, 4.69) is 49.9 Å². The van der Waals surface area contributed by atoms with E-state index in [9.17, 15) is 0 Å². The lowest BCUT2D eigenvalue weighted by atomic mass is 9.94. The normalized spacial score (nSPS) is 17.9. The van der Waals surface area contributed by atoms with Crippen LogP contribution < -0.4 is 5.32 Å². The summed E-state index contributed by atoms with van der Waals surface area (Å²) in [5.41, 5.74) is 2.32. The number of rotatable bonds is 2. The van der Waals surface area contributed by atoms with Crippen LogP contribution in [0.4, 0.5) is 5.69 Å². The molecule has 0 aliphatic heterocycles. The third-order valence-corrected chi connectivity index (χ3v) is 7.19. The third-order valence-electron chi connectivity index (χ3n) is 3.45. The molecule has 1 unspecified atom stereocenters. The Kier molecular flexibility index (Phi) is 4.87. The first-order chi connectivity index (χ1) is 9.56. The molecular formula is C14H11BrCl2INS. The first kappa shape index (κ1) is 15.4. The summed E-state index contributed by atoms with van der Waals surface area (Å²) < 4.78 is 2.17. The molecule has 106 valence electrons. The van der Waals surface area contributed by atoms with Crippen molar-refractivity contribution in [3.8, 4) is 0 Å². The summed E-state index contributed by atoms with van der Waals surface area (Å²) in [6, 6.07) is 6.51. The van der Waals surface area contributed by atoms with E-state index < -0.39 is 0 Å². The summed E-state index contributed by atoms with van der Waals surface area (Å²) in [5.74, 6) is 0. The van der Waals surface area contributed by atoms with Crippen molar-refractivity contribution in [2.45, 2.75) is 25.3 Å².